The highest BCUT2D eigenvalue weighted by Gasteiger charge is 2.21. The van der Waals surface area contributed by atoms with Gasteiger partial charge >= 0.3 is 0 Å². The number of likely N-dealkylation sites (tertiary alicyclic amines) is 1. The van der Waals surface area contributed by atoms with Crippen LogP contribution in [0.1, 0.15) is 36.8 Å². The number of nitrogens with one attached hydrogen (secondary N) is 2. The van der Waals surface area contributed by atoms with Crippen LogP contribution in [0.3, 0.4) is 0 Å². The van der Waals surface area contributed by atoms with Crippen LogP contribution in [0.15, 0.2) is 46.8 Å². The summed E-state index contributed by atoms with van der Waals surface area (Å²) in [4.78, 5) is 20.7. The maximum Gasteiger partial charge on any atom is 0.222 e. The first-order valence-corrected chi connectivity index (χ1v) is 11.7. The number of amides is 1. The monoisotopic (exact) mass is 425 g/mol. The summed E-state index contributed by atoms with van der Waals surface area (Å²) >= 11 is 1.81. The Morgan fingerprint density at radius 3 is 2.70 bits per heavy atom. The van der Waals surface area contributed by atoms with Crippen molar-refractivity contribution in [2.45, 2.75) is 44.8 Å². The number of guanidine groups is 1. The van der Waals surface area contributed by atoms with Crippen molar-refractivity contribution in [3.63, 3.8) is 0 Å². The predicted octanol–water partition coefficient (Wildman–Crippen LogP) is 3.20. The third-order valence-electron chi connectivity index (χ3n) is 5.87. The van der Waals surface area contributed by atoms with Crippen LogP contribution >= 0.6 is 11.3 Å². The molecule has 0 unspecified atom stereocenters. The van der Waals surface area contributed by atoms with Crippen molar-refractivity contribution in [2.75, 3.05) is 31.6 Å². The fourth-order valence-electron chi connectivity index (χ4n) is 4.20. The van der Waals surface area contributed by atoms with Gasteiger partial charge in [0.2, 0.25) is 5.91 Å². The molecule has 2 aromatic rings. The molecule has 1 aromatic heterocycles. The van der Waals surface area contributed by atoms with Gasteiger partial charge in [0.25, 0.3) is 0 Å². The fraction of sp³-hybridized carbons (Fsp3) is 0.478. The Morgan fingerprint density at radius 1 is 1.17 bits per heavy atom. The Kier molecular flexibility index (Phi) is 6.89. The molecule has 2 saturated heterocycles. The second kappa shape index (κ2) is 9.98. The molecule has 3 heterocycles. The van der Waals surface area contributed by atoms with E-state index in [0.717, 1.165) is 51.4 Å². The largest absolute Gasteiger partial charge is 0.363 e. The van der Waals surface area contributed by atoms with E-state index in [1.807, 2.05) is 23.3 Å². The molecule has 2 aliphatic heterocycles. The van der Waals surface area contributed by atoms with Crippen LogP contribution in [-0.4, -0.2) is 49.5 Å². The van der Waals surface area contributed by atoms with E-state index in [4.69, 9.17) is 0 Å². The van der Waals surface area contributed by atoms with Crippen LogP contribution < -0.4 is 15.5 Å². The van der Waals surface area contributed by atoms with E-state index in [0.29, 0.717) is 19.0 Å². The SMILES string of the molecule is CN=C(NCc1cccc(CN2CCCC2=O)c1)NC1CCN(c2cccs2)CC1. The van der Waals surface area contributed by atoms with Gasteiger partial charge in [-0.1, -0.05) is 24.3 Å². The number of aliphatic imine (C=N–C) groups is 1. The van der Waals surface area contributed by atoms with Gasteiger partial charge in [0.1, 0.15) is 0 Å². The molecular weight excluding hydrogens is 394 g/mol. The molecule has 4 rings (SSSR count). The number of nitrogens with zero attached hydrogens (tertiary/aromatic N) is 3. The highest BCUT2D eigenvalue weighted by molar-refractivity contribution is 7.14. The number of piperidine rings is 1. The Bertz CT molecular complexity index is 858. The highest BCUT2D eigenvalue weighted by Crippen LogP contribution is 2.24. The Hall–Kier alpha value is -2.54. The van der Waals surface area contributed by atoms with Crippen LogP contribution in [0, 0.1) is 0 Å². The fourth-order valence-corrected chi connectivity index (χ4v) is 4.98. The molecule has 2 fully saturated rings. The summed E-state index contributed by atoms with van der Waals surface area (Å²) in [5, 5.41) is 10.5. The third kappa shape index (κ3) is 5.33. The molecule has 160 valence electrons. The van der Waals surface area contributed by atoms with Gasteiger partial charge in [-0.2, -0.15) is 0 Å². The van der Waals surface area contributed by atoms with E-state index in [1.54, 1.807) is 0 Å². The molecule has 0 radical (unpaired) electrons. The first-order valence-electron chi connectivity index (χ1n) is 10.8. The molecule has 0 aliphatic carbocycles. The Balaban J connectivity index is 1.25. The second-order valence-electron chi connectivity index (χ2n) is 8.02. The van der Waals surface area contributed by atoms with E-state index in [2.05, 4.69) is 62.3 Å². The van der Waals surface area contributed by atoms with Crippen molar-refractivity contribution in [3.8, 4) is 0 Å². The zero-order valence-corrected chi connectivity index (χ0v) is 18.5. The average molecular weight is 426 g/mol. The van der Waals surface area contributed by atoms with Gasteiger partial charge in [-0.15, -0.1) is 11.3 Å². The maximum absolute atomic E-state index is 11.9. The first kappa shape index (κ1) is 20.7. The van der Waals surface area contributed by atoms with Crippen LogP contribution in [-0.2, 0) is 17.9 Å². The second-order valence-corrected chi connectivity index (χ2v) is 8.95. The predicted molar refractivity (Wildman–Crippen MR) is 124 cm³/mol. The smallest absolute Gasteiger partial charge is 0.222 e. The lowest BCUT2D eigenvalue weighted by Gasteiger charge is -2.33. The number of hydrogen-bond acceptors (Lipinski definition) is 4. The van der Waals surface area contributed by atoms with Crippen molar-refractivity contribution in [1.82, 2.24) is 15.5 Å². The number of hydrogen-bond donors (Lipinski definition) is 2. The van der Waals surface area contributed by atoms with Crippen molar-refractivity contribution in [2.24, 2.45) is 4.99 Å². The number of carbonyl (C=O) groups excluding carboxylic acids is 1. The third-order valence-corrected chi connectivity index (χ3v) is 6.80. The van der Waals surface area contributed by atoms with Crippen LogP contribution in [0.5, 0.6) is 0 Å². The summed E-state index contributed by atoms with van der Waals surface area (Å²) in [5.41, 5.74) is 2.39. The van der Waals surface area contributed by atoms with Gasteiger partial charge < -0.3 is 20.4 Å². The molecule has 30 heavy (non-hydrogen) atoms. The van der Waals surface area contributed by atoms with E-state index >= 15 is 0 Å². The average Bonchev–Trinajstić information content (AvgIpc) is 3.44. The van der Waals surface area contributed by atoms with Crippen molar-refractivity contribution < 1.29 is 4.79 Å². The first-order chi connectivity index (χ1) is 14.7. The van der Waals surface area contributed by atoms with Gasteiger partial charge in [-0.25, -0.2) is 0 Å². The summed E-state index contributed by atoms with van der Waals surface area (Å²) in [5.74, 6) is 1.12. The molecule has 0 atom stereocenters. The molecule has 2 N–H and O–H groups in total. The molecule has 7 heteroatoms. The standard InChI is InChI=1S/C23H31N5OS/c1-24-23(26-20-9-12-27(13-10-20)22-8-4-14-30-22)25-16-18-5-2-6-19(15-18)17-28-11-3-7-21(28)29/h2,4-6,8,14-15,20H,3,7,9-13,16-17H2,1H3,(H2,24,25,26). The zero-order valence-electron chi connectivity index (χ0n) is 17.6. The van der Waals surface area contributed by atoms with E-state index in [-0.39, 0.29) is 5.91 Å². The van der Waals surface area contributed by atoms with Crippen molar-refractivity contribution in [3.05, 3.63) is 52.9 Å². The molecule has 0 saturated carbocycles. The number of benzene rings is 1. The lowest BCUT2D eigenvalue weighted by Crippen LogP contribution is -2.48. The Labute approximate surface area is 183 Å². The van der Waals surface area contributed by atoms with Crippen LogP contribution in [0.2, 0.25) is 0 Å². The lowest BCUT2D eigenvalue weighted by molar-refractivity contribution is -0.128. The van der Waals surface area contributed by atoms with Gasteiger partial charge in [0, 0.05) is 52.2 Å². The highest BCUT2D eigenvalue weighted by atomic mass is 32.1. The zero-order chi connectivity index (χ0) is 20.8. The van der Waals surface area contributed by atoms with Crippen molar-refractivity contribution >= 4 is 28.2 Å². The van der Waals surface area contributed by atoms with Crippen LogP contribution in [0.25, 0.3) is 0 Å². The molecule has 1 aromatic carbocycles. The lowest BCUT2D eigenvalue weighted by atomic mass is 10.1. The normalized spacial score (nSPS) is 18.2. The molecule has 6 nitrogen and oxygen atoms in total. The molecular formula is C23H31N5OS. The molecule has 0 bridgehead atoms. The summed E-state index contributed by atoms with van der Waals surface area (Å²) in [6.07, 6.45) is 3.89. The van der Waals surface area contributed by atoms with Crippen LogP contribution in [0.4, 0.5) is 5.00 Å². The minimum atomic E-state index is 0.272. The van der Waals surface area contributed by atoms with Crippen molar-refractivity contribution in [1.29, 1.82) is 0 Å². The maximum atomic E-state index is 11.9. The quantitative estimate of drug-likeness (QED) is 0.551. The minimum Gasteiger partial charge on any atom is -0.363 e. The number of thiophene rings is 1. The van der Waals surface area contributed by atoms with Gasteiger partial charge in [-0.3, -0.25) is 9.79 Å². The number of anilines is 1. The van der Waals surface area contributed by atoms with Gasteiger partial charge in [-0.05, 0) is 47.9 Å². The number of rotatable bonds is 6. The van der Waals surface area contributed by atoms with E-state index in [1.165, 1.54) is 16.1 Å². The summed E-state index contributed by atoms with van der Waals surface area (Å²) in [6.45, 7) is 4.46. The Morgan fingerprint density at radius 2 is 2.00 bits per heavy atom. The molecule has 1 amide bonds. The molecule has 2 aliphatic rings. The van der Waals surface area contributed by atoms with Gasteiger partial charge in [0.05, 0.1) is 5.00 Å². The topological polar surface area (TPSA) is 60.0 Å². The van der Waals surface area contributed by atoms with Gasteiger partial charge in [0.15, 0.2) is 5.96 Å². The van der Waals surface area contributed by atoms with E-state index in [9.17, 15) is 4.79 Å². The summed E-state index contributed by atoms with van der Waals surface area (Å²) in [6, 6.07) is 13.2. The summed E-state index contributed by atoms with van der Waals surface area (Å²) in [7, 11) is 1.82. The number of carbonyl (C=O) groups is 1. The minimum absolute atomic E-state index is 0.272. The van der Waals surface area contributed by atoms with E-state index < -0.39 is 0 Å². The molecule has 0 spiro atoms. The summed E-state index contributed by atoms with van der Waals surface area (Å²) < 4.78 is 0.